The van der Waals surface area contributed by atoms with Crippen LogP contribution in [0.4, 0.5) is 18.9 Å². The number of hydrogen-bond acceptors (Lipinski definition) is 5. The molecule has 2 heterocycles. The maximum atomic E-state index is 13.6. The lowest BCUT2D eigenvalue weighted by Gasteiger charge is -2.26. The third kappa shape index (κ3) is 4.48. The Morgan fingerprint density at radius 3 is 2.50 bits per heavy atom. The minimum Gasteiger partial charge on any atom is -0.496 e. The van der Waals surface area contributed by atoms with Gasteiger partial charge in [-0.3, -0.25) is 14.6 Å². The molecule has 1 N–H and O–H groups in total. The number of ketones is 1. The SMILES string of the molecule is COc1c([C@@H]2[C@@H](C(=O)Nc3ccnc(C(C)=O)c3)OC(C)(C)[C@@H]2C)cccc1C(F)(F)F. The minimum atomic E-state index is -4.61. The Labute approximate surface area is 184 Å². The van der Waals surface area contributed by atoms with Gasteiger partial charge in [0, 0.05) is 30.3 Å². The number of pyridine rings is 1. The average molecular weight is 450 g/mol. The van der Waals surface area contributed by atoms with E-state index in [1.54, 1.807) is 13.8 Å². The van der Waals surface area contributed by atoms with E-state index in [9.17, 15) is 22.8 Å². The number of benzene rings is 1. The first-order chi connectivity index (χ1) is 14.9. The van der Waals surface area contributed by atoms with Crippen LogP contribution >= 0.6 is 0 Å². The van der Waals surface area contributed by atoms with E-state index in [0.717, 1.165) is 6.07 Å². The molecule has 1 saturated heterocycles. The number of Topliss-reactive ketones (excluding diaryl/α,β-unsaturated/α-hetero) is 1. The number of hydrogen-bond donors (Lipinski definition) is 1. The standard InChI is InChI=1S/C23H25F3N2O4/c1-12-18(15-7-6-8-16(19(15)31-5)23(24,25)26)20(32-22(12,3)4)21(30)28-14-9-10-27-17(11-14)13(2)29/h6-12,18,20H,1-5H3,(H,27,28,30)/t12-,18-,20+/m1/s1. The maximum absolute atomic E-state index is 13.6. The molecule has 172 valence electrons. The van der Waals surface area contributed by atoms with Crippen LogP contribution in [0.1, 0.15) is 55.2 Å². The number of alkyl halides is 3. The summed E-state index contributed by atoms with van der Waals surface area (Å²) in [6.45, 7) is 6.77. The van der Waals surface area contributed by atoms with E-state index in [0.29, 0.717) is 5.69 Å². The molecule has 1 aliphatic heterocycles. The van der Waals surface area contributed by atoms with Crippen molar-refractivity contribution in [1.82, 2.24) is 4.98 Å². The molecule has 0 unspecified atom stereocenters. The second kappa shape index (κ2) is 8.54. The number of anilines is 1. The number of para-hydroxylation sites is 1. The fraction of sp³-hybridized carbons (Fsp3) is 0.435. The topological polar surface area (TPSA) is 77.5 Å². The van der Waals surface area contributed by atoms with Gasteiger partial charge in [0.15, 0.2) is 5.78 Å². The second-order valence-electron chi connectivity index (χ2n) is 8.36. The van der Waals surface area contributed by atoms with Gasteiger partial charge in [0.25, 0.3) is 5.91 Å². The van der Waals surface area contributed by atoms with Gasteiger partial charge in [0.05, 0.1) is 18.3 Å². The van der Waals surface area contributed by atoms with Crippen molar-refractivity contribution in [3.8, 4) is 5.75 Å². The van der Waals surface area contributed by atoms with Crippen molar-refractivity contribution in [2.45, 2.75) is 51.5 Å². The van der Waals surface area contributed by atoms with Crippen LogP contribution < -0.4 is 10.1 Å². The molecular formula is C23H25F3N2O4. The molecule has 0 radical (unpaired) electrons. The zero-order valence-electron chi connectivity index (χ0n) is 18.4. The molecule has 6 nitrogen and oxygen atoms in total. The highest BCUT2D eigenvalue weighted by atomic mass is 19.4. The van der Waals surface area contributed by atoms with Crippen molar-refractivity contribution in [3.63, 3.8) is 0 Å². The fourth-order valence-electron chi connectivity index (χ4n) is 4.03. The summed E-state index contributed by atoms with van der Waals surface area (Å²) in [4.78, 5) is 28.7. The molecule has 1 aliphatic rings. The van der Waals surface area contributed by atoms with Crippen LogP contribution in [-0.2, 0) is 15.7 Å². The zero-order valence-corrected chi connectivity index (χ0v) is 18.4. The summed E-state index contributed by atoms with van der Waals surface area (Å²) in [7, 11) is 1.18. The predicted octanol–water partition coefficient (Wildman–Crippen LogP) is 4.85. The number of carbonyl (C=O) groups excluding carboxylic acids is 2. The highest BCUT2D eigenvalue weighted by Gasteiger charge is 2.52. The molecule has 1 amide bonds. The summed E-state index contributed by atoms with van der Waals surface area (Å²) in [6.07, 6.45) is -4.30. The van der Waals surface area contributed by atoms with Crippen molar-refractivity contribution in [2.24, 2.45) is 5.92 Å². The van der Waals surface area contributed by atoms with E-state index in [2.05, 4.69) is 10.3 Å². The van der Waals surface area contributed by atoms with Gasteiger partial charge >= 0.3 is 6.18 Å². The number of ether oxygens (including phenoxy) is 2. The van der Waals surface area contributed by atoms with E-state index in [1.807, 2.05) is 6.92 Å². The van der Waals surface area contributed by atoms with Gasteiger partial charge in [0.2, 0.25) is 0 Å². The molecule has 1 aromatic heterocycles. The summed E-state index contributed by atoms with van der Waals surface area (Å²) in [5, 5.41) is 2.70. The van der Waals surface area contributed by atoms with Crippen LogP contribution in [0.2, 0.25) is 0 Å². The third-order valence-electron chi connectivity index (χ3n) is 5.95. The largest absolute Gasteiger partial charge is 0.496 e. The lowest BCUT2D eigenvalue weighted by Crippen LogP contribution is -2.33. The first-order valence-corrected chi connectivity index (χ1v) is 10.1. The van der Waals surface area contributed by atoms with Crippen molar-refractivity contribution < 1.29 is 32.2 Å². The van der Waals surface area contributed by atoms with Crippen molar-refractivity contribution in [1.29, 1.82) is 0 Å². The molecule has 2 aromatic rings. The number of amides is 1. The highest BCUT2D eigenvalue weighted by Crippen LogP contribution is 2.50. The quantitative estimate of drug-likeness (QED) is 0.659. The first kappa shape index (κ1) is 23.7. The predicted molar refractivity (Wildman–Crippen MR) is 112 cm³/mol. The van der Waals surface area contributed by atoms with Gasteiger partial charge in [-0.05, 0) is 38.0 Å². The van der Waals surface area contributed by atoms with Crippen LogP contribution in [0.3, 0.4) is 0 Å². The first-order valence-electron chi connectivity index (χ1n) is 10.1. The molecule has 9 heteroatoms. The molecule has 0 spiro atoms. The number of methoxy groups -OCH3 is 1. The fourth-order valence-corrected chi connectivity index (χ4v) is 4.03. The molecule has 0 saturated carbocycles. The Hall–Kier alpha value is -2.94. The highest BCUT2D eigenvalue weighted by molar-refractivity contribution is 5.97. The van der Waals surface area contributed by atoms with Gasteiger partial charge in [-0.25, -0.2) is 0 Å². The minimum absolute atomic E-state index is 0.180. The van der Waals surface area contributed by atoms with Crippen LogP contribution in [0.5, 0.6) is 5.75 Å². The normalized spacial score (nSPS) is 22.4. The molecule has 3 rings (SSSR count). The number of nitrogens with zero attached hydrogens (tertiary/aromatic N) is 1. The van der Waals surface area contributed by atoms with E-state index in [4.69, 9.17) is 9.47 Å². The zero-order chi connectivity index (χ0) is 23.8. The van der Waals surface area contributed by atoms with E-state index >= 15 is 0 Å². The van der Waals surface area contributed by atoms with Crippen LogP contribution in [-0.4, -0.2) is 35.5 Å². The van der Waals surface area contributed by atoms with Crippen molar-refractivity contribution in [3.05, 3.63) is 53.3 Å². The van der Waals surface area contributed by atoms with Crippen LogP contribution in [0.15, 0.2) is 36.5 Å². The van der Waals surface area contributed by atoms with Gasteiger partial charge < -0.3 is 14.8 Å². The average Bonchev–Trinajstić information content (AvgIpc) is 2.96. The number of nitrogens with one attached hydrogen (secondary N) is 1. The smallest absolute Gasteiger partial charge is 0.419 e. The van der Waals surface area contributed by atoms with Crippen LogP contribution in [0.25, 0.3) is 0 Å². The van der Waals surface area contributed by atoms with Gasteiger partial charge in [0.1, 0.15) is 17.5 Å². The third-order valence-corrected chi connectivity index (χ3v) is 5.95. The number of halogens is 3. The molecule has 0 bridgehead atoms. The molecular weight excluding hydrogens is 425 g/mol. The molecule has 0 aliphatic carbocycles. The number of rotatable bonds is 5. The second-order valence-corrected chi connectivity index (χ2v) is 8.36. The monoisotopic (exact) mass is 450 g/mol. The van der Waals surface area contributed by atoms with E-state index in [1.165, 1.54) is 44.5 Å². The van der Waals surface area contributed by atoms with E-state index in [-0.39, 0.29) is 28.7 Å². The maximum Gasteiger partial charge on any atom is 0.419 e. The summed E-state index contributed by atoms with van der Waals surface area (Å²) >= 11 is 0. The number of carbonyl (C=O) groups is 2. The van der Waals surface area contributed by atoms with Crippen molar-refractivity contribution in [2.75, 3.05) is 12.4 Å². The summed E-state index contributed by atoms with van der Waals surface area (Å²) in [5.74, 6) is -2.12. The lowest BCUT2D eigenvalue weighted by atomic mass is 9.77. The molecule has 3 atom stereocenters. The number of aromatic nitrogens is 1. The molecule has 1 fully saturated rings. The Bertz CT molecular complexity index is 1040. The Morgan fingerprint density at radius 2 is 1.91 bits per heavy atom. The summed E-state index contributed by atoms with van der Waals surface area (Å²) in [6, 6.07) is 6.73. The molecule has 32 heavy (non-hydrogen) atoms. The Balaban J connectivity index is 2.02. The van der Waals surface area contributed by atoms with Crippen molar-refractivity contribution >= 4 is 17.4 Å². The Morgan fingerprint density at radius 1 is 1.22 bits per heavy atom. The van der Waals surface area contributed by atoms with E-state index < -0.39 is 35.3 Å². The summed E-state index contributed by atoms with van der Waals surface area (Å²) < 4.78 is 51.9. The van der Waals surface area contributed by atoms with Gasteiger partial charge in [-0.2, -0.15) is 13.2 Å². The summed E-state index contributed by atoms with van der Waals surface area (Å²) in [5.41, 5.74) is -0.923. The van der Waals surface area contributed by atoms with Crippen LogP contribution in [0, 0.1) is 5.92 Å². The van der Waals surface area contributed by atoms with Gasteiger partial charge in [-0.15, -0.1) is 0 Å². The molecule has 1 aromatic carbocycles. The Kier molecular flexibility index (Phi) is 6.33. The van der Waals surface area contributed by atoms with Gasteiger partial charge in [-0.1, -0.05) is 19.1 Å². The lowest BCUT2D eigenvalue weighted by molar-refractivity contribution is -0.138.